The Labute approximate surface area is 104 Å². The van der Waals surface area contributed by atoms with E-state index in [9.17, 15) is 4.79 Å². The highest BCUT2D eigenvalue weighted by molar-refractivity contribution is 7.09. The number of anilines is 1. The van der Waals surface area contributed by atoms with Crippen molar-refractivity contribution in [3.8, 4) is 0 Å². The summed E-state index contributed by atoms with van der Waals surface area (Å²) in [5.41, 5.74) is 6.69. The second kappa shape index (κ2) is 5.50. The number of primary amides is 1. The van der Waals surface area contributed by atoms with Gasteiger partial charge in [-0.3, -0.25) is 4.79 Å². The SMILES string of the molecule is NC(=O)c1cccc(NCCc2cccs2)c1. The van der Waals surface area contributed by atoms with E-state index < -0.39 is 5.91 Å². The summed E-state index contributed by atoms with van der Waals surface area (Å²) in [5.74, 6) is -0.396. The molecule has 0 spiro atoms. The Morgan fingerprint density at radius 2 is 2.18 bits per heavy atom. The van der Waals surface area contributed by atoms with Gasteiger partial charge in [-0.25, -0.2) is 0 Å². The molecule has 17 heavy (non-hydrogen) atoms. The molecule has 1 amide bonds. The molecule has 3 nitrogen and oxygen atoms in total. The zero-order chi connectivity index (χ0) is 12.1. The van der Waals surface area contributed by atoms with E-state index in [0.717, 1.165) is 18.7 Å². The lowest BCUT2D eigenvalue weighted by Gasteiger charge is -2.06. The number of nitrogens with one attached hydrogen (secondary N) is 1. The minimum absolute atomic E-state index is 0.396. The topological polar surface area (TPSA) is 55.1 Å². The minimum atomic E-state index is -0.396. The van der Waals surface area contributed by atoms with E-state index in [1.165, 1.54) is 4.88 Å². The first-order valence-corrected chi connectivity index (χ1v) is 6.30. The number of carbonyl (C=O) groups is 1. The predicted molar refractivity (Wildman–Crippen MR) is 71.5 cm³/mol. The standard InChI is InChI=1S/C13H14N2OS/c14-13(16)10-3-1-4-11(9-10)15-7-6-12-5-2-8-17-12/h1-5,8-9,15H,6-7H2,(H2,14,16). The van der Waals surface area contributed by atoms with Gasteiger partial charge in [-0.15, -0.1) is 11.3 Å². The molecular weight excluding hydrogens is 232 g/mol. The highest BCUT2D eigenvalue weighted by Crippen LogP contribution is 2.12. The quantitative estimate of drug-likeness (QED) is 0.851. The maximum absolute atomic E-state index is 11.0. The first-order valence-electron chi connectivity index (χ1n) is 5.42. The van der Waals surface area contributed by atoms with E-state index in [4.69, 9.17) is 5.73 Å². The fourth-order valence-corrected chi connectivity index (χ4v) is 2.28. The molecule has 1 aromatic heterocycles. The molecule has 0 aliphatic heterocycles. The van der Waals surface area contributed by atoms with Crippen molar-refractivity contribution in [2.24, 2.45) is 5.73 Å². The summed E-state index contributed by atoms with van der Waals surface area (Å²) in [7, 11) is 0. The second-order valence-corrected chi connectivity index (χ2v) is 4.73. The van der Waals surface area contributed by atoms with Gasteiger partial charge in [0.05, 0.1) is 0 Å². The molecule has 3 N–H and O–H groups in total. The van der Waals surface area contributed by atoms with Crippen LogP contribution in [0.3, 0.4) is 0 Å². The zero-order valence-corrected chi connectivity index (χ0v) is 10.2. The van der Waals surface area contributed by atoms with Crippen LogP contribution >= 0.6 is 11.3 Å². The lowest BCUT2D eigenvalue weighted by Crippen LogP contribution is -2.11. The van der Waals surface area contributed by atoms with Gasteiger partial charge in [0.25, 0.3) is 0 Å². The third-order valence-electron chi connectivity index (χ3n) is 2.43. The lowest BCUT2D eigenvalue weighted by atomic mass is 10.2. The van der Waals surface area contributed by atoms with Crippen LogP contribution in [-0.4, -0.2) is 12.5 Å². The minimum Gasteiger partial charge on any atom is -0.385 e. The molecule has 1 aromatic carbocycles. The molecule has 0 aliphatic carbocycles. The van der Waals surface area contributed by atoms with E-state index in [-0.39, 0.29) is 0 Å². The summed E-state index contributed by atoms with van der Waals surface area (Å²) >= 11 is 1.75. The van der Waals surface area contributed by atoms with Crippen LogP contribution < -0.4 is 11.1 Å². The van der Waals surface area contributed by atoms with Crippen LogP contribution in [0.1, 0.15) is 15.2 Å². The van der Waals surface area contributed by atoms with Gasteiger partial charge >= 0.3 is 0 Å². The van der Waals surface area contributed by atoms with Crippen molar-refractivity contribution in [2.75, 3.05) is 11.9 Å². The number of rotatable bonds is 5. The Kier molecular flexibility index (Phi) is 3.77. The largest absolute Gasteiger partial charge is 0.385 e. The van der Waals surface area contributed by atoms with Crippen LogP contribution in [0, 0.1) is 0 Å². The highest BCUT2D eigenvalue weighted by atomic mass is 32.1. The van der Waals surface area contributed by atoms with Gasteiger partial charge in [0, 0.05) is 22.7 Å². The molecule has 0 aliphatic rings. The van der Waals surface area contributed by atoms with E-state index >= 15 is 0 Å². The molecule has 2 rings (SSSR count). The van der Waals surface area contributed by atoms with Crippen molar-refractivity contribution in [3.63, 3.8) is 0 Å². The maximum Gasteiger partial charge on any atom is 0.248 e. The maximum atomic E-state index is 11.0. The van der Waals surface area contributed by atoms with Crippen molar-refractivity contribution < 1.29 is 4.79 Å². The first kappa shape index (κ1) is 11.7. The fraction of sp³-hybridized carbons (Fsp3) is 0.154. The third kappa shape index (κ3) is 3.32. The molecule has 0 saturated carbocycles. The Balaban J connectivity index is 1.90. The van der Waals surface area contributed by atoms with Crippen molar-refractivity contribution in [1.82, 2.24) is 0 Å². The summed E-state index contributed by atoms with van der Waals surface area (Å²) in [6, 6.07) is 11.4. The van der Waals surface area contributed by atoms with Crippen molar-refractivity contribution in [1.29, 1.82) is 0 Å². The molecule has 0 fully saturated rings. The second-order valence-electron chi connectivity index (χ2n) is 3.70. The van der Waals surface area contributed by atoms with E-state index in [2.05, 4.69) is 16.8 Å². The molecule has 0 atom stereocenters. The van der Waals surface area contributed by atoms with E-state index in [1.807, 2.05) is 18.2 Å². The monoisotopic (exact) mass is 246 g/mol. The summed E-state index contributed by atoms with van der Waals surface area (Å²) in [4.78, 5) is 12.4. The summed E-state index contributed by atoms with van der Waals surface area (Å²) in [5, 5.41) is 5.35. The number of amides is 1. The van der Waals surface area contributed by atoms with Gasteiger partial charge in [0.2, 0.25) is 5.91 Å². The summed E-state index contributed by atoms with van der Waals surface area (Å²) in [6.07, 6.45) is 0.985. The van der Waals surface area contributed by atoms with Gasteiger partial charge in [-0.1, -0.05) is 12.1 Å². The van der Waals surface area contributed by atoms with Crippen LogP contribution in [0.2, 0.25) is 0 Å². The van der Waals surface area contributed by atoms with Crippen LogP contribution in [0.15, 0.2) is 41.8 Å². The Morgan fingerprint density at radius 3 is 2.88 bits per heavy atom. The number of hydrogen-bond donors (Lipinski definition) is 2. The highest BCUT2D eigenvalue weighted by Gasteiger charge is 2.00. The van der Waals surface area contributed by atoms with Gasteiger partial charge in [-0.2, -0.15) is 0 Å². The Morgan fingerprint density at radius 1 is 1.29 bits per heavy atom. The average molecular weight is 246 g/mol. The fourth-order valence-electron chi connectivity index (χ4n) is 1.57. The number of nitrogens with two attached hydrogens (primary N) is 1. The van der Waals surface area contributed by atoms with Crippen molar-refractivity contribution in [3.05, 3.63) is 52.2 Å². The van der Waals surface area contributed by atoms with Crippen LogP contribution in [0.4, 0.5) is 5.69 Å². The van der Waals surface area contributed by atoms with Crippen LogP contribution in [-0.2, 0) is 6.42 Å². The summed E-state index contributed by atoms with van der Waals surface area (Å²) in [6.45, 7) is 0.850. The molecular formula is C13H14N2OS. The molecule has 1 heterocycles. The molecule has 0 unspecified atom stereocenters. The van der Waals surface area contributed by atoms with Crippen LogP contribution in [0.25, 0.3) is 0 Å². The number of hydrogen-bond acceptors (Lipinski definition) is 3. The molecule has 88 valence electrons. The van der Waals surface area contributed by atoms with Crippen molar-refractivity contribution >= 4 is 22.9 Å². The van der Waals surface area contributed by atoms with Gasteiger partial charge in [-0.05, 0) is 36.1 Å². The zero-order valence-electron chi connectivity index (χ0n) is 9.35. The molecule has 0 bridgehead atoms. The smallest absolute Gasteiger partial charge is 0.248 e. The molecule has 2 aromatic rings. The summed E-state index contributed by atoms with van der Waals surface area (Å²) < 4.78 is 0. The predicted octanol–water partition coefficient (Wildman–Crippen LogP) is 2.50. The average Bonchev–Trinajstić information content (AvgIpc) is 2.82. The van der Waals surface area contributed by atoms with Crippen LogP contribution in [0.5, 0.6) is 0 Å². The van der Waals surface area contributed by atoms with Crippen molar-refractivity contribution in [2.45, 2.75) is 6.42 Å². The number of benzene rings is 1. The van der Waals surface area contributed by atoms with Gasteiger partial charge < -0.3 is 11.1 Å². The van der Waals surface area contributed by atoms with Gasteiger partial charge in [0.15, 0.2) is 0 Å². The third-order valence-corrected chi connectivity index (χ3v) is 3.36. The Bertz CT molecular complexity index is 494. The van der Waals surface area contributed by atoms with E-state index in [1.54, 1.807) is 23.5 Å². The Hall–Kier alpha value is -1.81. The molecule has 0 radical (unpaired) electrons. The first-order chi connectivity index (χ1) is 8.25. The normalized spacial score (nSPS) is 10.1. The number of carbonyl (C=O) groups excluding carboxylic acids is 1. The van der Waals surface area contributed by atoms with E-state index in [0.29, 0.717) is 5.56 Å². The van der Waals surface area contributed by atoms with Gasteiger partial charge in [0.1, 0.15) is 0 Å². The molecule has 4 heteroatoms. The number of thiophene rings is 1. The molecule has 0 saturated heterocycles. The lowest BCUT2D eigenvalue weighted by molar-refractivity contribution is 0.100.